The summed E-state index contributed by atoms with van der Waals surface area (Å²) < 4.78 is 29.2. The van der Waals surface area contributed by atoms with Gasteiger partial charge in [0.05, 0.1) is 11.1 Å². The number of rotatable bonds is 6. The minimum absolute atomic E-state index is 0.175. The largest absolute Gasteiger partial charge is 0.381 e. The van der Waals surface area contributed by atoms with Gasteiger partial charge in [0, 0.05) is 36.3 Å². The highest BCUT2D eigenvalue weighted by atomic mass is 32.2. The highest BCUT2D eigenvalue weighted by Crippen LogP contribution is 2.34. The van der Waals surface area contributed by atoms with Crippen molar-refractivity contribution >= 4 is 37.2 Å². The maximum absolute atomic E-state index is 11.9. The summed E-state index contributed by atoms with van der Waals surface area (Å²) >= 11 is 1.67. The van der Waals surface area contributed by atoms with E-state index in [0.717, 1.165) is 35.3 Å². The minimum atomic E-state index is -3.06. The van der Waals surface area contributed by atoms with E-state index in [4.69, 9.17) is 4.74 Å². The molecule has 0 bridgehead atoms. The van der Waals surface area contributed by atoms with Crippen molar-refractivity contribution in [1.29, 1.82) is 0 Å². The standard InChI is InChI=1S/C16H23N3O3S2/c1-3-12-8-13-14(18-11-19-15(13)23-12)17-9-16(10-24(2,20)21)4-6-22-7-5-16/h8,11H,3-7,9-10H2,1-2H3,(H,17,18,19). The van der Waals surface area contributed by atoms with Crippen LogP contribution >= 0.6 is 11.3 Å². The first-order valence-electron chi connectivity index (χ1n) is 8.14. The molecule has 0 unspecified atom stereocenters. The van der Waals surface area contributed by atoms with Crippen LogP contribution in [0.15, 0.2) is 12.4 Å². The first kappa shape index (κ1) is 17.6. The summed E-state index contributed by atoms with van der Waals surface area (Å²) in [6.07, 6.45) is 5.32. The molecule has 3 heterocycles. The Bertz CT molecular complexity index is 811. The normalized spacial score (nSPS) is 17.9. The van der Waals surface area contributed by atoms with Crippen LogP contribution in [0.4, 0.5) is 5.82 Å². The number of ether oxygens (including phenoxy) is 1. The van der Waals surface area contributed by atoms with E-state index in [1.165, 1.54) is 11.1 Å². The molecule has 24 heavy (non-hydrogen) atoms. The predicted octanol–water partition coefficient (Wildman–Crippen LogP) is 2.51. The van der Waals surface area contributed by atoms with Crippen LogP contribution in [0, 0.1) is 5.41 Å². The lowest BCUT2D eigenvalue weighted by Gasteiger charge is -2.36. The van der Waals surface area contributed by atoms with Crippen LogP contribution in [0.25, 0.3) is 10.2 Å². The lowest BCUT2D eigenvalue weighted by molar-refractivity contribution is 0.0315. The zero-order valence-corrected chi connectivity index (χ0v) is 15.7. The topological polar surface area (TPSA) is 81.2 Å². The molecule has 8 heteroatoms. The first-order valence-corrected chi connectivity index (χ1v) is 11.0. The smallest absolute Gasteiger partial charge is 0.148 e. The van der Waals surface area contributed by atoms with Crippen LogP contribution < -0.4 is 5.32 Å². The van der Waals surface area contributed by atoms with E-state index < -0.39 is 9.84 Å². The average molecular weight is 370 g/mol. The second-order valence-electron chi connectivity index (χ2n) is 6.54. The first-order chi connectivity index (χ1) is 11.4. The van der Waals surface area contributed by atoms with Crippen molar-refractivity contribution in [2.45, 2.75) is 26.2 Å². The number of aryl methyl sites for hydroxylation is 1. The highest BCUT2D eigenvalue weighted by molar-refractivity contribution is 7.90. The van der Waals surface area contributed by atoms with Crippen molar-refractivity contribution in [2.24, 2.45) is 5.41 Å². The van der Waals surface area contributed by atoms with Crippen LogP contribution in [0.3, 0.4) is 0 Å². The number of hydrogen-bond donors (Lipinski definition) is 1. The van der Waals surface area contributed by atoms with E-state index in [9.17, 15) is 8.42 Å². The average Bonchev–Trinajstić information content (AvgIpc) is 2.96. The molecule has 1 N–H and O–H groups in total. The number of nitrogens with one attached hydrogen (secondary N) is 1. The fourth-order valence-electron chi connectivity index (χ4n) is 3.22. The number of sulfone groups is 1. The van der Waals surface area contributed by atoms with Gasteiger partial charge in [-0.2, -0.15) is 0 Å². The fraction of sp³-hybridized carbons (Fsp3) is 0.625. The molecular formula is C16H23N3O3S2. The van der Waals surface area contributed by atoms with E-state index >= 15 is 0 Å². The third-order valence-corrected chi connectivity index (χ3v) is 6.81. The Morgan fingerprint density at radius 2 is 2.08 bits per heavy atom. The van der Waals surface area contributed by atoms with Crippen molar-refractivity contribution in [1.82, 2.24) is 9.97 Å². The Morgan fingerprint density at radius 3 is 2.75 bits per heavy atom. The van der Waals surface area contributed by atoms with Gasteiger partial charge in [-0.25, -0.2) is 18.4 Å². The minimum Gasteiger partial charge on any atom is -0.381 e. The van der Waals surface area contributed by atoms with Crippen molar-refractivity contribution in [3.8, 4) is 0 Å². The Hall–Kier alpha value is -1.25. The number of anilines is 1. The van der Waals surface area contributed by atoms with Gasteiger partial charge >= 0.3 is 0 Å². The molecule has 2 aromatic rings. The third-order valence-electron chi connectivity index (χ3n) is 4.48. The van der Waals surface area contributed by atoms with E-state index in [1.54, 1.807) is 17.7 Å². The zero-order valence-electron chi connectivity index (χ0n) is 14.0. The summed E-state index contributed by atoms with van der Waals surface area (Å²) in [6.45, 7) is 3.91. The molecule has 1 aliphatic rings. The lowest BCUT2D eigenvalue weighted by Crippen LogP contribution is -2.41. The van der Waals surface area contributed by atoms with Crippen molar-refractivity contribution < 1.29 is 13.2 Å². The molecule has 0 aliphatic carbocycles. The van der Waals surface area contributed by atoms with Crippen LogP contribution in [0.5, 0.6) is 0 Å². The SMILES string of the molecule is CCc1cc2c(NCC3(CS(C)(=O)=O)CCOCC3)ncnc2s1. The highest BCUT2D eigenvalue weighted by Gasteiger charge is 2.36. The number of fused-ring (bicyclic) bond motifs is 1. The van der Waals surface area contributed by atoms with E-state index in [1.807, 2.05) is 0 Å². The molecule has 0 spiro atoms. The van der Waals surface area contributed by atoms with Crippen molar-refractivity contribution in [3.63, 3.8) is 0 Å². The molecule has 0 aromatic carbocycles. The molecule has 0 amide bonds. The van der Waals surface area contributed by atoms with E-state index in [2.05, 4.69) is 28.3 Å². The molecule has 0 atom stereocenters. The van der Waals surface area contributed by atoms with Crippen LogP contribution in [-0.4, -0.2) is 50.2 Å². The zero-order chi connectivity index (χ0) is 17.2. The predicted molar refractivity (Wildman–Crippen MR) is 97.5 cm³/mol. The summed E-state index contributed by atoms with van der Waals surface area (Å²) in [5, 5.41) is 4.41. The Morgan fingerprint density at radius 1 is 1.33 bits per heavy atom. The second kappa shape index (κ2) is 6.93. The fourth-order valence-corrected chi connectivity index (χ4v) is 5.66. The quantitative estimate of drug-likeness (QED) is 0.843. The second-order valence-corrected chi connectivity index (χ2v) is 9.80. The van der Waals surface area contributed by atoms with Gasteiger partial charge in [-0.15, -0.1) is 11.3 Å². The van der Waals surface area contributed by atoms with Crippen LogP contribution in [0.2, 0.25) is 0 Å². The van der Waals surface area contributed by atoms with Gasteiger partial charge in [0.1, 0.15) is 26.8 Å². The Balaban J connectivity index is 1.83. The summed E-state index contributed by atoms with van der Waals surface area (Å²) in [5.41, 5.74) is -0.299. The van der Waals surface area contributed by atoms with Gasteiger partial charge in [0.25, 0.3) is 0 Å². The van der Waals surface area contributed by atoms with E-state index in [0.29, 0.717) is 19.8 Å². The molecule has 1 saturated heterocycles. The Kier molecular flexibility index (Phi) is 5.08. The van der Waals surface area contributed by atoms with E-state index in [-0.39, 0.29) is 11.2 Å². The summed E-state index contributed by atoms with van der Waals surface area (Å²) in [7, 11) is -3.06. The van der Waals surface area contributed by atoms with Gasteiger partial charge in [-0.05, 0) is 25.3 Å². The van der Waals surface area contributed by atoms with Crippen molar-refractivity contribution in [2.75, 3.05) is 37.1 Å². The summed E-state index contributed by atoms with van der Waals surface area (Å²) in [6, 6.07) is 2.12. The van der Waals surface area contributed by atoms with Crippen LogP contribution in [-0.2, 0) is 21.0 Å². The van der Waals surface area contributed by atoms with Gasteiger partial charge in [-0.3, -0.25) is 0 Å². The molecule has 1 fully saturated rings. The number of thiophene rings is 1. The van der Waals surface area contributed by atoms with Crippen LogP contribution in [0.1, 0.15) is 24.6 Å². The number of aromatic nitrogens is 2. The number of hydrogen-bond acceptors (Lipinski definition) is 7. The maximum Gasteiger partial charge on any atom is 0.148 e. The number of nitrogens with zero attached hydrogens (tertiary/aromatic N) is 2. The van der Waals surface area contributed by atoms with Gasteiger partial charge in [0.15, 0.2) is 0 Å². The van der Waals surface area contributed by atoms with Gasteiger partial charge < -0.3 is 10.1 Å². The van der Waals surface area contributed by atoms with Gasteiger partial charge in [-0.1, -0.05) is 6.92 Å². The molecular weight excluding hydrogens is 346 g/mol. The summed E-state index contributed by atoms with van der Waals surface area (Å²) in [4.78, 5) is 10.9. The van der Waals surface area contributed by atoms with Gasteiger partial charge in [0.2, 0.25) is 0 Å². The molecule has 6 nitrogen and oxygen atoms in total. The molecule has 132 valence electrons. The molecule has 2 aromatic heterocycles. The maximum atomic E-state index is 11.9. The monoisotopic (exact) mass is 369 g/mol. The molecule has 0 saturated carbocycles. The molecule has 3 rings (SSSR count). The third kappa shape index (κ3) is 4.04. The summed E-state index contributed by atoms with van der Waals surface area (Å²) in [5.74, 6) is 0.962. The van der Waals surface area contributed by atoms with Crippen molar-refractivity contribution in [3.05, 3.63) is 17.3 Å². The Labute approximate surface area is 146 Å². The molecule has 0 radical (unpaired) electrons. The lowest BCUT2D eigenvalue weighted by atomic mass is 9.82. The molecule has 1 aliphatic heterocycles.